The van der Waals surface area contributed by atoms with E-state index in [1.165, 1.54) is 4.90 Å². The number of halogens is 3. The quantitative estimate of drug-likeness (QED) is 0.875. The lowest BCUT2D eigenvalue weighted by Gasteiger charge is -2.21. The molecular formula is C14H22F3N3. The van der Waals surface area contributed by atoms with Gasteiger partial charge < -0.3 is 10.6 Å². The lowest BCUT2D eigenvalue weighted by atomic mass is 10.0. The van der Waals surface area contributed by atoms with Crippen LogP contribution in [0.15, 0.2) is 12.3 Å². The number of hydrogen-bond acceptors (Lipinski definition) is 3. The van der Waals surface area contributed by atoms with Crippen molar-refractivity contribution >= 4 is 5.82 Å². The van der Waals surface area contributed by atoms with Gasteiger partial charge in [0.25, 0.3) is 0 Å². The standard InChI is InChI=1S/C14H22F3N3/c1-4-12(18)8-11-7-10(2)13(19-9-11)20(3)6-5-14(15,16)17/h7,9,12H,4-6,8,18H2,1-3H3. The highest BCUT2D eigenvalue weighted by atomic mass is 19.4. The van der Waals surface area contributed by atoms with Gasteiger partial charge in [-0.25, -0.2) is 4.98 Å². The van der Waals surface area contributed by atoms with Crippen molar-refractivity contribution < 1.29 is 13.2 Å². The van der Waals surface area contributed by atoms with Crippen LogP contribution in [0.25, 0.3) is 0 Å². The Morgan fingerprint density at radius 2 is 2.05 bits per heavy atom. The fourth-order valence-electron chi connectivity index (χ4n) is 1.98. The van der Waals surface area contributed by atoms with E-state index in [1.807, 2.05) is 19.9 Å². The minimum atomic E-state index is -4.14. The molecule has 0 bridgehead atoms. The van der Waals surface area contributed by atoms with Crippen molar-refractivity contribution in [1.82, 2.24) is 4.98 Å². The Hall–Kier alpha value is -1.30. The molecule has 0 amide bonds. The third-order valence-electron chi connectivity index (χ3n) is 3.22. The van der Waals surface area contributed by atoms with Crippen molar-refractivity contribution in [2.75, 3.05) is 18.5 Å². The SMILES string of the molecule is CCC(N)Cc1cnc(N(C)CCC(F)(F)F)c(C)c1. The molecule has 0 aromatic carbocycles. The summed E-state index contributed by atoms with van der Waals surface area (Å²) in [6.07, 6.45) is -1.67. The van der Waals surface area contributed by atoms with Crippen LogP contribution in [-0.2, 0) is 6.42 Å². The van der Waals surface area contributed by atoms with Gasteiger partial charge in [-0.1, -0.05) is 13.0 Å². The summed E-state index contributed by atoms with van der Waals surface area (Å²) < 4.78 is 36.7. The van der Waals surface area contributed by atoms with E-state index in [9.17, 15) is 13.2 Å². The summed E-state index contributed by atoms with van der Waals surface area (Å²) in [6.45, 7) is 3.78. The highest BCUT2D eigenvalue weighted by Crippen LogP contribution is 2.23. The molecule has 1 aromatic heterocycles. The number of pyridine rings is 1. The number of aryl methyl sites for hydroxylation is 1. The third kappa shape index (κ3) is 5.36. The molecule has 0 fully saturated rings. The van der Waals surface area contributed by atoms with Gasteiger partial charge in [0, 0.05) is 25.8 Å². The molecule has 0 spiro atoms. The molecule has 0 aliphatic rings. The topological polar surface area (TPSA) is 42.1 Å². The molecule has 114 valence electrons. The number of anilines is 1. The lowest BCUT2D eigenvalue weighted by molar-refractivity contribution is -0.132. The van der Waals surface area contributed by atoms with E-state index in [2.05, 4.69) is 4.98 Å². The smallest absolute Gasteiger partial charge is 0.359 e. The maximum absolute atomic E-state index is 12.2. The molecule has 0 aliphatic carbocycles. The number of aromatic nitrogens is 1. The first-order chi connectivity index (χ1) is 9.23. The third-order valence-corrected chi connectivity index (χ3v) is 3.22. The van der Waals surface area contributed by atoms with Gasteiger partial charge in [-0.05, 0) is 30.9 Å². The fourth-order valence-corrected chi connectivity index (χ4v) is 1.98. The molecule has 0 saturated carbocycles. The Morgan fingerprint density at radius 3 is 2.55 bits per heavy atom. The van der Waals surface area contributed by atoms with E-state index < -0.39 is 12.6 Å². The molecule has 0 saturated heterocycles. The highest BCUT2D eigenvalue weighted by Gasteiger charge is 2.27. The van der Waals surface area contributed by atoms with Crippen molar-refractivity contribution in [3.8, 4) is 0 Å². The number of rotatable bonds is 6. The number of alkyl halides is 3. The van der Waals surface area contributed by atoms with Crippen molar-refractivity contribution in [1.29, 1.82) is 0 Å². The van der Waals surface area contributed by atoms with Crippen LogP contribution < -0.4 is 10.6 Å². The summed E-state index contributed by atoms with van der Waals surface area (Å²) in [7, 11) is 1.62. The van der Waals surface area contributed by atoms with Crippen LogP contribution in [-0.4, -0.2) is 30.8 Å². The van der Waals surface area contributed by atoms with Gasteiger partial charge in [-0.2, -0.15) is 13.2 Å². The zero-order valence-electron chi connectivity index (χ0n) is 12.2. The molecule has 6 heteroatoms. The van der Waals surface area contributed by atoms with E-state index >= 15 is 0 Å². The normalized spacial score (nSPS) is 13.3. The van der Waals surface area contributed by atoms with E-state index in [1.54, 1.807) is 13.2 Å². The van der Waals surface area contributed by atoms with Crippen molar-refractivity contribution in [2.45, 2.75) is 45.3 Å². The molecule has 2 N–H and O–H groups in total. The van der Waals surface area contributed by atoms with Crippen molar-refractivity contribution in [3.63, 3.8) is 0 Å². The van der Waals surface area contributed by atoms with Gasteiger partial charge in [0.1, 0.15) is 5.82 Å². The minimum Gasteiger partial charge on any atom is -0.359 e. The molecule has 1 unspecified atom stereocenters. The second-order valence-electron chi connectivity index (χ2n) is 5.14. The molecule has 3 nitrogen and oxygen atoms in total. The zero-order chi connectivity index (χ0) is 15.3. The van der Waals surface area contributed by atoms with Crippen LogP contribution in [0.4, 0.5) is 19.0 Å². The van der Waals surface area contributed by atoms with Gasteiger partial charge in [0.05, 0.1) is 6.42 Å². The van der Waals surface area contributed by atoms with Gasteiger partial charge in [-0.15, -0.1) is 0 Å². The van der Waals surface area contributed by atoms with E-state index in [4.69, 9.17) is 5.73 Å². The monoisotopic (exact) mass is 289 g/mol. The Kier molecular flexibility index (Phi) is 5.80. The number of nitrogens with zero attached hydrogens (tertiary/aromatic N) is 2. The first-order valence-corrected chi connectivity index (χ1v) is 6.72. The summed E-state index contributed by atoms with van der Waals surface area (Å²) in [5.41, 5.74) is 7.77. The van der Waals surface area contributed by atoms with Gasteiger partial charge in [0.15, 0.2) is 0 Å². The van der Waals surface area contributed by atoms with E-state index in [0.29, 0.717) is 5.82 Å². The van der Waals surface area contributed by atoms with E-state index in [-0.39, 0.29) is 12.6 Å². The Bertz CT molecular complexity index is 432. The van der Waals surface area contributed by atoms with Crippen LogP contribution in [0.5, 0.6) is 0 Å². The van der Waals surface area contributed by atoms with Crippen LogP contribution in [0.2, 0.25) is 0 Å². The largest absolute Gasteiger partial charge is 0.390 e. The summed E-state index contributed by atoms with van der Waals surface area (Å²) in [4.78, 5) is 5.80. The summed E-state index contributed by atoms with van der Waals surface area (Å²) in [5.74, 6) is 0.586. The van der Waals surface area contributed by atoms with Crippen molar-refractivity contribution in [3.05, 3.63) is 23.4 Å². The number of hydrogen-bond donors (Lipinski definition) is 1. The van der Waals surface area contributed by atoms with Crippen molar-refractivity contribution in [2.24, 2.45) is 5.73 Å². The molecule has 1 atom stereocenters. The predicted molar refractivity (Wildman–Crippen MR) is 74.9 cm³/mol. The van der Waals surface area contributed by atoms with Crippen LogP contribution >= 0.6 is 0 Å². The molecule has 0 aliphatic heterocycles. The maximum atomic E-state index is 12.2. The van der Waals surface area contributed by atoms with E-state index in [0.717, 1.165) is 24.0 Å². The van der Waals surface area contributed by atoms with Gasteiger partial charge in [0.2, 0.25) is 0 Å². The summed E-state index contributed by atoms with van der Waals surface area (Å²) in [5, 5.41) is 0. The Labute approximate surface area is 118 Å². The van der Waals surface area contributed by atoms with Crippen LogP contribution in [0, 0.1) is 6.92 Å². The predicted octanol–water partition coefficient (Wildman–Crippen LogP) is 3.06. The average Bonchev–Trinajstić information content (AvgIpc) is 2.35. The molecule has 20 heavy (non-hydrogen) atoms. The summed E-state index contributed by atoms with van der Waals surface area (Å²) in [6, 6.07) is 2.03. The number of nitrogens with two attached hydrogens (primary N) is 1. The second kappa shape index (κ2) is 6.92. The fraction of sp³-hybridized carbons (Fsp3) is 0.643. The molecule has 1 heterocycles. The maximum Gasteiger partial charge on any atom is 0.390 e. The first-order valence-electron chi connectivity index (χ1n) is 6.72. The second-order valence-corrected chi connectivity index (χ2v) is 5.14. The molecular weight excluding hydrogens is 267 g/mol. The highest BCUT2D eigenvalue weighted by molar-refractivity contribution is 5.46. The first kappa shape index (κ1) is 16.8. The average molecular weight is 289 g/mol. The molecule has 1 rings (SSSR count). The van der Waals surface area contributed by atoms with Gasteiger partial charge >= 0.3 is 6.18 Å². The van der Waals surface area contributed by atoms with Gasteiger partial charge in [-0.3, -0.25) is 0 Å². The van der Waals surface area contributed by atoms with Crippen LogP contribution in [0.3, 0.4) is 0 Å². The molecule has 0 radical (unpaired) electrons. The Balaban J connectivity index is 2.72. The zero-order valence-corrected chi connectivity index (χ0v) is 12.2. The Morgan fingerprint density at radius 1 is 1.40 bits per heavy atom. The lowest BCUT2D eigenvalue weighted by Crippen LogP contribution is -2.26. The minimum absolute atomic E-state index is 0.0880. The molecule has 1 aromatic rings. The van der Waals surface area contributed by atoms with Crippen LogP contribution in [0.1, 0.15) is 30.9 Å². The summed E-state index contributed by atoms with van der Waals surface area (Å²) >= 11 is 0.